The van der Waals surface area contributed by atoms with Crippen molar-refractivity contribution in [2.45, 2.75) is 6.61 Å². The number of nitrogens with two attached hydrogens (primary N) is 1. The van der Waals surface area contributed by atoms with Crippen molar-refractivity contribution in [3.63, 3.8) is 0 Å². The number of rotatable bonds is 1. The zero-order chi connectivity index (χ0) is 5.98. The van der Waals surface area contributed by atoms with Crippen LogP contribution >= 0.6 is 0 Å². The van der Waals surface area contributed by atoms with Crippen LogP contribution in [0.3, 0.4) is 0 Å². The summed E-state index contributed by atoms with van der Waals surface area (Å²) >= 11 is 0. The number of aromatic amines is 1. The second kappa shape index (κ2) is 1.83. The monoisotopic (exact) mass is 113 g/mol. The van der Waals surface area contributed by atoms with Crippen molar-refractivity contribution in [3.05, 3.63) is 11.9 Å². The molecule has 0 aromatic carbocycles. The van der Waals surface area contributed by atoms with Crippen LogP contribution in [0.15, 0.2) is 6.20 Å². The molecule has 0 amide bonds. The largest absolute Gasteiger partial charge is 0.390 e. The lowest BCUT2D eigenvalue weighted by molar-refractivity contribution is 0.277. The zero-order valence-electron chi connectivity index (χ0n) is 4.26. The van der Waals surface area contributed by atoms with Gasteiger partial charge in [-0.15, -0.1) is 0 Å². The summed E-state index contributed by atoms with van der Waals surface area (Å²) in [6.45, 7) is -0.0618. The van der Waals surface area contributed by atoms with Crippen LogP contribution in [-0.2, 0) is 6.61 Å². The number of aliphatic hydroxyl groups excluding tert-OH is 1. The number of hydrogen-bond donors (Lipinski definition) is 3. The van der Waals surface area contributed by atoms with Gasteiger partial charge in [-0.25, -0.2) is 4.98 Å². The number of nitrogens with one attached hydrogen (secondary N) is 1. The van der Waals surface area contributed by atoms with E-state index in [1.807, 2.05) is 0 Å². The van der Waals surface area contributed by atoms with E-state index in [1.54, 1.807) is 6.20 Å². The van der Waals surface area contributed by atoms with Gasteiger partial charge < -0.3 is 15.8 Å². The summed E-state index contributed by atoms with van der Waals surface area (Å²) in [7, 11) is 0. The molecule has 0 fully saturated rings. The Bertz CT molecular complexity index is 172. The molecule has 0 spiro atoms. The molecule has 0 radical (unpaired) electrons. The van der Waals surface area contributed by atoms with E-state index in [0.29, 0.717) is 11.6 Å². The first kappa shape index (κ1) is 5.11. The van der Waals surface area contributed by atoms with Gasteiger partial charge in [0.05, 0.1) is 12.3 Å². The first-order valence-corrected chi connectivity index (χ1v) is 2.23. The topological polar surface area (TPSA) is 74.9 Å². The predicted octanol–water partition coefficient (Wildman–Crippen LogP) is -0.516. The average molecular weight is 113 g/mol. The average Bonchev–Trinajstić information content (AvgIpc) is 2.14. The molecule has 0 aliphatic carbocycles. The lowest BCUT2D eigenvalue weighted by atomic mass is 10.5. The number of anilines is 1. The number of nitrogen functional groups attached to an aromatic ring is 1. The van der Waals surface area contributed by atoms with Crippen LogP contribution in [0.5, 0.6) is 0 Å². The maximum atomic E-state index is 8.41. The quantitative estimate of drug-likeness (QED) is 0.459. The van der Waals surface area contributed by atoms with E-state index in [4.69, 9.17) is 10.8 Å². The number of hydrogen-bond acceptors (Lipinski definition) is 3. The normalized spacial score (nSPS) is 9.62. The van der Waals surface area contributed by atoms with Crippen LogP contribution in [0.2, 0.25) is 0 Å². The van der Waals surface area contributed by atoms with Crippen molar-refractivity contribution < 1.29 is 5.11 Å². The Kier molecular flexibility index (Phi) is 1.17. The van der Waals surface area contributed by atoms with E-state index in [2.05, 4.69) is 9.97 Å². The van der Waals surface area contributed by atoms with Crippen LogP contribution in [0.25, 0.3) is 0 Å². The van der Waals surface area contributed by atoms with Gasteiger partial charge in [0.1, 0.15) is 0 Å². The first-order chi connectivity index (χ1) is 3.83. The molecule has 1 aromatic heterocycles. The highest BCUT2D eigenvalue weighted by molar-refractivity contribution is 5.17. The summed E-state index contributed by atoms with van der Waals surface area (Å²) in [6.07, 6.45) is 1.56. The zero-order valence-corrected chi connectivity index (χ0v) is 4.26. The van der Waals surface area contributed by atoms with Crippen LogP contribution in [-0.4, -0.2) is 15.1 Å². The number of H-pyrrole nitrogens is 1. The molecular weight excluding hydrogens is 106 g/mol. The fourth-order valence-electron chi connectivity index (χ4n) is 0.458. The van der Waals surface area contributed by atoms with Gasteiger partial charge >= 0.3 is 0 Å². The molecule has 1 rings (SSSR count). The maximum absolute atomic E-state index is 8.41. The third-order valence-corrected chi connectivity index (χ3v) is 0.813. The summed E-state index contributed by atoms with van der Waals surface area (Å²) in [4.78, 5) is 6.33. The van der Waals surface area contributed by atoms with Crippen molar-refractivity contribution in [2.75, 3.05) is 5.73 Å². The van der Waals surface area contributed by atoms with Gasteiger partial charge in [-0.1, -0.05) is 0 Å². The third kappa shape index (κ3) is 0.788. The molecule has 4 heteroatoms. The standard InChI is InChI=1S/C4H7N3O/c5-4-6-1-3(2-8)7-4/h1,8H,2H2,(H3,5,6,7). The molecule has 0 atom stereocenters. The summed E-state index contributed by atoms with van der Waals surface area (Å²) in [5, 5.41) is 8.41. The molecule has 0 bridgehead atoms. The van der Waals surface area contributed by atoms with E-state index in [9.17, 15) is 0 Å². The van der Waals surface area contributed by atoms with Crippen LogP contribution in [0.1, 0.15) is 5.69 Å². The number of aromatic nitrogens is 2. The molecule has 1 aromatic rings. The Morgan fingerprint density at radius 2 is 2.62 bits per heavy atom. The SMILES string of the molecule is Nc1nc(CO)c[nH]1. The molecule has 4 N–H and O–H groups in total. The van der Waals surface area contributed by atoms with Crippen molar-refractivity contribution in [1.82, 2.24) is 9.97 Å². The fraction of sp³-hybridized carbons (Fsp3) is 0.250. The van der Waals surface area contributed by atoms with Crippen molar-refractivity contribution in [2.24, 2.45) is 0 Å². The van der Waals surface area contributed by atoms with E-state index in [0.717, 1.165) is 0 Å². The van der Waals surface area contributed by atoms with Crippen molar-refractivity contribution >= 4 is 5.95 Å². The Balaban J connectivity index is 2.84. The Morgan fingerprint density at radius 3 is 2.88 bits per heavy atom. The van der Waals surface area contributed by atoms with E-state index >= 15 is 0 Å². The second-order valence-electron chi connectivity index (χ2n) is 1.44. The van der Waals surface area contributed by atoms with Gasteiger partial charge in [0.15, 0.2) is 5.95 Å². The fourth-order valence-corrected chi connectivity index (χ4v) is 0.458. The van der Waals surface area contributed by atoms with Crippen LogP contribution in [0.4, 0.5) is 5.95 Å². The highest BCUT2D eigenvalue weighted by atomic mass is 16.3. The Morgan fingerprint density at radius 1 is 1.88 bits per heavy atom. The van der Waals surface area contributed by atoms with Crippen molar-refractivity contribution in [3.8, 4) is 0 Å². The Labute approximate surface area is 46.4 Å². The second-order valence-corrected chi connectivity index (χ2v) is 1.44. The number of aliphatic hydroxyl groups is 1. The van der Waals surface area contributed by atoms with Gasteiger partial charge in [-0.3, -0.25) is 0 Å². The Hall–Kier alpha value is -1.03. The van der Waals surface area contributed by atoms with E-state index in [1.165, 1.54) is 0 Å². The molecule has 44 valence electrons. The summed E-state index contributed by atoms with van der Waals surface area (Å²) < 4.78 is 0. The molecule has 0 unspecified atom stereocenters. The lowest BCUT2D eigenvalue weighted by Crippen LogP contribution is -1.86. The molecule has 4 nitrogen and oxygen atoms in total. The van der Waals surface area contributed by atoms with Crippen molar-refractivity contribution in [1.29, 1.82) is 0 Å². The predicted molar refractivity (Wildman–Crippen MR) is 28.9 cm³/mol. The van der Waals surface area contributed by atoms with E-state index in [-0.39, 0.29) is 6.61 Å². The summed E-state index contributed by atoms with van der Waals surface area (Å²) in [5.74, 6) is 0.342. The molecule has 0 saturated heterocycles. The summed E-state index contributed by atoms with van der Waals surface area (Å²) in [6, 6.07) is 0. The van der Waals surface area contributed by atoms with Gasteiger partial charge in [-0.2, -0.15) is 0 Å². The lowest BCUT2D eigenvalue weighted by Gasteiger charge is -1.79. The maximum Gasteiger partial charge on any atom is 0.197 e. The highest BCUT2D eigenvalue weighted by Crippen LogP contribution is 1.95. The van der Waals surface area contributed by atoms with Gasteiger partial charge in [-0.05, 0) is 0 Å². The highest BCUT2D eigenvalue weighted by Gasteiger charge is 1.91. The molecule has 8 heavy (non-hydrogen) atoms. The first-order valence-electron chi connectivity index (χ1n) is 2.23. The van der Waals surface area contributed by atoms with Gasteiger partial charge in [0.2, 0.25) is 0 Å². The molecular formula is C4H7N3O. The molecule has 0 aliphatic rings. The van der Waals surface area contributed by atoms with Gasteiger partial charge in [0, 0.05) is 6.20 Å². The van der Waals surface area contributed by atoms with Crippen LogP contribution < -0.4 is 5.73 Å². The smallest absolute Gasteiger partial charge is 0.197 e. The minimum absolute atomic E-state index is 0.0618. The van der Waals surface area contributed by atoms with E-state index < -0.39 is 0 Å². The minimum Gasteiger partial charge on any atom is -0.390 e. The molecule has 0 saturated carbocycles. The molecule has 1 heterocycles. The third-order valence-electron chi connectivity index (χ3n) is 0.813. The minimum atomic E-state index is -0.0618. The van der Waals surface area contributed by atoms with Crippen LogP contribution in [0, 0.1) is 0 Å². The molecule has 0 aliphatic heterocycles. The summed E-state index contributed by atoms with van der Waals surface area (Å²) in [5.41, 5.74) is 5.75. The number of nitrogens with zero attached hydrogens (tertiary/aromatic N) is 1. The number of imidazole rings is 1. The van der Waals surface area contributed by atoms with Gasteiger partial charge in [0.25, 0.3) is 0 Å².